The van der Waals surface area contributed by atoms with Crippen LogP contribution in [-0.2, 0) is 24.7 Å². The molecule has 4 atom stereocenters. The van der Waals surface area contributed by atoms with Crippen molar-refractivity contribution in [2.45, 2.75) is 43.4 Å². The van der Waals surface area contributed by atoms with Crippen molar-refractivity contribution in [1.29, 1.82) is 5.26 Å². The number of esters is 1. The lowest BCUT2D eigenvalue weighted by Gasteiger charge is -2.31. The van der Waals surface area contributed by atoms with Crippen molar-refractivity contribution in [2.75, 3.05) is 6.61 Å². The standard InChI is InChI=1S/C20H17ClFN3O7/c1-18(2)30-14-15(31-18)20(9-23,25-7-6-13(26)24-17(25)28)32-19(14,22)10-29-16(27)11-4-3-5-12(21)8-11/h3-8,14-15H,10H2,1-2H3,(H,24,26,28)/t14-,15+,19+,20+/m0/s1. The number of ether oxygens (including phenoxy) is 4. The number of nitrogens with one attached hydrogen (secondary N) is 1. The Morgan fingerprint density at radius 3 is 2.69 bits per heavy atom. The highest BCUT2D eigenvalue weighted by Gasteiger charge is 2.72. The zero-order valence-corrected chi connectivity index (χ0v) is 17.6. The van der Waals surface area contributed by atoms with E-state index in [1.54, 1.807) is 12.1 Å². The molecular weight excluding hydrogens is 449 g/mol. The third kappa shape index (κ3) is 3.61. The highest BCUT2D eigenvalue weighted by molar-refractivity contribution is 6.30. The van der Waals surface area contributed by atoms with E-state index in [1.165, 1.54) is 32.0 Å². The number of fused-ring (bicyclic) bond motifs is 1. The summed E-state index contributed by atoms with van der Waals surface area (Å²) in [5.41, 5.74) is -4.02. The van der Waals surface area contributed by atoms with Gasteiger partial charge in [-0.05, 0) is 32.0 Å². The van der Waals surface area contributed by atoms with Gasteiger partial charge in [-0.1, -0.05) is 17.7 Å². The number of rotatable bonds is 4. The molecule has 1 aromatic carbocycles. The van der Waals surface area contributed by atoms with Crippen LogP contribution in [-0.4, -0.2) is 46.0 Å². The predicted molar refractivity (Wildman–Crippen MR) is 105 cm³/mol. The summed E-state index contributed by atoms with van der Waals surface area (Å²) in [5, 5.41) is 10.2. The number of nitrogens with zero attached hydrogens (tertiary/aromatic N) is 2. The first-order valence-corrected chi connectivity index (χ1v) is 9.79. The highest BCUT2D eigenvalue weighted by atomic mass is 35.5. The van der Waals surface area contributed by atoms with Crippen LogP contribution in [0.25, 0.3) is 0 Å². The van der Waals surface area contributed by atoms with Crippen molar-refractivity contribution < 1.29 is 28.1 Å². The van der Waals surface area contributed by atoms with Crippen LogP contribution < -0.4 is 11.2 Å². The molecular formula is C20H17ClFN3O7. The lowest BCUT2D eigenvalue weighted by molar-refractivity contribution is -0.283. The molecule has 2 saturated heterocycles. The summed E-state index contributed by atoms with van der Waals surface area (Å²) >= 11 is 5.86. The SMILES string of the molecule is CC1(C)O[C@@H]2[C@H](O1)[C@@](F)(COC(=O)c1cccc(Cl)c1)O[C@@]2(C#N)n1ccc(=O)[nH]c1=O. The first-order chi connectivity index (χ1) is 15.0. The van der Waals surface area contributed by atoms with Gasteiger partial charge in [0.25, 0.3) is 17.1 Å². The Labute approximate surface area is 185 Å². The van der Waals surface area contributed by atoms with Gasteiger partial charge in [-0.15, -0.1) is 0 Å². The average Bonchev–Trinajstić information content (AvgIpc) is 3.17. The van der Waals surface area contributed by atoms with Gasteiger partial charge in [0.05, 0.1) is 5.56 Å². The maximum atomic E-state index is 16.1. The molecule has 0 aliphatic carbocycles. The van der Waals surface area contributed by atoms with Gasteiger partial charge in [-0.3, -0.25) is 19.1 Å². The molecule has 168 valence electrons. The van der Waals surface area contributed by atoms with E-state index in [0.717, 1.165) is 12.3 Å². The van der Waals surface area contributed by atoms with Crippen LogP contribution in [0.4, 0.5) is 4.39 Å². The second kappa shape index (κ2) is 7.53. The van der Waals surface area contributed by atoms with Gasteiger partial charge in [-0.2, -0.15) is 5.26 Å². The molecule has 0 unspecified atom stereocenters. The summed E-state index contributed by atoms with van der Waals surface area (Å²) in [7, 11) is 0. The number of benzene rings is 1. The number of aromatic amines is 1. The van der Waals surface area contributed by atoms with Crippen molar-refractivity contribution >= 4 is 17.6 Å². The fourth-order valence-electron chi connectivity index (χ4n) is 3.72. The lowest BCUT2D eigenvalue weighted by atomic mass is 10.0. The molecule has 2 aliphatic heterocycles. The van der Waals surface area contributed by atoms with Crippen molar-refractivity contribution in [3.63, 3.8) is 0 Å². The molecule has 1 N–H and O–H groups in total. The fraction of sp³-hybridized carbons (Fsp3) is 0.400. The normalized spacial score (nSPS) is 30.5. The van der Waals surface area contributed by atoms with E-state index in [1.807, 2.05) is 4.98 Å². The van der Waals surface area contributed by atoms with Gasteiger partial charge in [-0.25, -0.2) is 14.0 Å². The Morgan fingerprint density at radius 2 is 2.03 bits per heavy atom. The first kappa shape index (κ1) is 22.2. The molecule has 12 heteroatoms. The van der Waals surface area contributed by atoms with Gasteiger partial charge in [0.15, 0.2) is 24.6 Å². The molecule has 2 aliphatic rings. The smallest absolute Gasteiger partial charge is 0.338 e. The van der Waals surface area contributed by atoms with E-state index in [9.17, 15) is 19.6 Å². The Balaban J connectivity index is 1.70. The number of alkyl halides is 1. The molecule has 0 spiro atoms. The van der Waals surface area contributed by atoms with Gasteiger partial charge < -0.3 is 14.2 Å². The lowest BCUT2D eigenvalue weighted by Crippen LogP contribution is -2.51. The Bertz CT molecular complexity index is 1240. The zero-order chi connectivity index (χ0) is 23.3. The van der Waals surface area contributed by atoms with Crippen LogP contribution in [0.1, 0.15) is 24.2 Å². The summed E-state index contributed by atoms with van der Waals surface area (Å²) in [6.07, 6.45) is -1.98. The maximum absolute atomic E-state index is 16.1. The number of hydrogen-bond donors (Lipinski definition) is 1. The predicted octanol–water partition coefficient (Wildman–Crippen LogP) is 1.44. The Hall–Kier alpha value is -3.04. The molecule has 2 fully saturated rings. The average molecular weight is 466 g/mol. The molecule has 0 bridgehead atoms. The summed E-state index contributed by atoms with van der Waals surface area (Å²) < 4.78 is 38.6. The Kier molecular flexibility index (Phi) is 5.21. The van der Waals surface area contributed by atoms with E-state index in [2.05, 4.69) is 0 Å². The second-order valence-corrected chi connectivity index (χ2v) is 8.18. The molecule has 10 nitrogen and oxygen atoms in total. The van der Waals surface area contributed by atoms with Crippen LogP contribution in [0.2, 0.25) is 5.02 Å². The van der Waals surface area contributed by atoms with Gasteiger partial charge >= 0.3 is 11.7 Å². The summed E-state index contributed by atoms with van der Waals surface area (Å²) in [6.45, 7) is 2.00. The maximum Gasteiger partial charge on any atom is 0.338 e. The van der Waals surface area contributed by atoms with Crippen molar-refractivity contribution in [3.8, 4) is 6.07 Å². The number of aromatic nitrogens is 2. The molecule has 0 radical (unpaired) electrons. The van der Waals surface area contributed by atoms with Crippen molar-refractivity contribution in [2.24, 2.45) is 0 Å². The third-order valence-corrected chi connectivity index (χ3v) is 5.27. The monoisotopic (exact) mass is 465 g/mol. The van der Waals surface area contributed by atoms with Crippen LogP contribution in [0.5, 0.6) is 0 Å². The van der Waals surface area contributed by atoms with Crippen LogP contribution >= 0.6 is 11.6 Å². The van der Waals surface area contributed by atoms with Gasteiger partial charge in [0, 0.05) is 17.3 Å². The van der Waals surface area contributed by atoms with E-state index in [-0.39, 0.29) is 10.6 Å². The molecule has 1 aromatic heterocycles. The van der Waals surface area contributed by atoms with E-state index >= 15 is 4.39 Å². The molecule has 2 aromatic rings. The third-order valence-electron chi connectivity index (χ3n) is 5.03. The topological polar surface area (TPSA) is 133 Å². The van der Waals surface area contributed by atoms with E-state index in [0.29, 0.717) is 4.57 Å². The number of nitriles is 1. The molecule has 4 rings (SSSR count). The van der Waals surface area contributed by atoms with Gasteiger partial charge in [0.1, 0.15) is 6.07 Å². The van der Waals surface area contributed by atoms with E-state index < -0.39 is 53.4 Å². The molecule has 32 heavy (non-hydrogen) atoms. The molecule has 3 heterocycles. The van der Waals surface area contributed by atoms with Crippen LogP contribution in [0.3, 0.4) is 0 Å². The zero-order valence-electron chi connectivity index (χ0n) is 16.8. The largest absolute Gasteiger partial charge is 0.456 e. The van der Waals surface area contributed by atoms with Crippen LogP contribution in [0.15, 0.2) is 46.1 Å². The minimum Gasteiger partial charge on any atom is -0.456 e. The highest BCUT2D eigenvalue weighted by Crippen LogP contribution is 2.51. The number of H-pyrrole nitrogens is 1. The summed E-state index contributed by atoms with van der Waals surface area (Å²) in [4.78, 5) is 38.2. The number of halogens is 2. The molecule has 0 amide bonds. The summed E-state index contributed by atoms with van der Waals surface area (Å²) in [5.74, 6) is -5.10. The first-order valence-electron chi connectivity index (χ1n) is 9.41. The van der Waals surface area contributed by atoms with Crippen molar-refractivity contribution in [1.82, 2.24) is 9.55 Å². The van der Waals surface area contributed by atoms with Gasteiger partial charge in [0.2, 0.25) is 0 Å². The summed E-state index contributed by atoms with van der Waals surface area (Å²) in [6, 6.07) is 8.56. The van der Waals surface area contributed by atoms with Crippen LogP contribution in [0, 0.1) is 11.3 Å². The number of carbonyl (C=O) groups is 1. The number of carbonyl (C=O) groups excluding carboxylic acids is 1. The molecule has 0 saturated carbocycles. The van der Waals surface area contributed by atoms with Crippen molar-refractivity contribution in [3.05, 3.63) is 68.0 Å². The minimum atomic E-state index is -2.86. The Morgan fingerprint density at radius 1 is 1.31 bits per heavy atom. The fourth-order valence-corrected chi connectivity index (χ4v) is 3.91. The number of hydrogen-bond acceptors (Lipinski definition) is 8. The van der Waals surface area contributed by atoms with E-state index in [4.69, 9.17) is 30.5 Å². The second-order valence-electron chi connectivity index (χ2n) is 7.74. The minimum absolute atomic E-state index is 0.0722. The quantitative estimate of drug-likeness (QED) is 0.671.